The fraction of sp³-hybridized carbons (Fsp3) is 1.00. The summed E-state index contributed by atoms with van der Waals surface area (Å²) in [5.74, 6) is 1.74. The van der Waals surface area contributed by atoms with Gasteiger partial charge in [-0.25, -0.2) is 0 Å². The molecule has 0 amide bonds. The van der Waals surface area contributed by atoms with Gasteiger partial charge in [0.25, 0.3) is 0 Å². The number of aliphatic hydroxyl groups is 1. The van der Waals surface area contributed by atoms with Gasteiger partial charge in [-0.3, -0.25) is 0 Å². The molecule has 1 rings (SSSR count). The van der Waals surface area contributed by atoms with Gasteiger partial charge in [-0.1, -0.05) is 27.7 Å². The van der Waals surface area contributed by atoms with Gasteiger partial charge in [-0.2, -0.15) is 0 Å². The molecule has 2 heteroatoms. The molecule has 0 spiro atoms. The van der Waals surface area contributed by atoms with Crippen molar-refractivity contribution in [2.24, 2.45) is 17.8 Å². The molecule has 78 valence electrons. The molecule has 0 aliphatic carbocycles. The Morgan fingerprint density at radius 1 is 1.00 bits per heavy atom. The van der Waals surface area contributed by atoms with Gasteiger partial charge in [0, 0.05) is 0 Å². The Labute approximate surface area is 81.3 Å². The molecule has 1 heterocycles. The third kappa shape index (κ3) is 2.05. The van der Waals surface area contributed by atoms with Crippen molar-refractivity contribution in [2.45, 2.75) is 46.3 Å². The molecule has 0 radical (unpaired) electrons. The maximum absolute atomic E-state index is 9.15. The van der Waals surface area contributed by atoms with E-state index in [9.17, 15) is 0 Å². The van der Waals surface area contributed by atoms with Crippen molar-refractivity contribution in [3.05, 3.63) is 0 Å². The standard InChI is InChI=1S/C11H22O2/c1-5-10-8(3)7(2)9(4)11(6-12)13-10/h7-12H,5-6H2,1-4H3/t7?,8-,9?,10?,11-/m1/s1. The van der Waals surface area contributed by atoms with Crippen molar-refractivity contribution in [3.8, 4) is 0 Å². The normalized spacial score (nSPS) is 46.4. The SMILES string of the molecule is CCC1O[C@H](CO)C(C)C(C)[C@H]1C. The van der Waals surface area contributed by atoms with E-state index < -0.39 is 0 Å². The minimum Gasteiger partial charge on any atom is -0.394 e. The van der Waals surface area contributed by atoms with Crippen molar-refractivity contribution in [1.82, 2.24) is 0 Å². The zero-order chi connectivity index (χ0) is 10.0. The van der Waals surface area contributed by atoms with E-state index in [1.165, 1.54) is 0 Å². The second-order valence-electron chi connectivity index (χ2n) is 4.38. The van der Waals surface area contributed by atoms with Crippen LogP contribution in [0.2, 0.25) is 0 Å². The van der Waals surface area contributed by atoms with E-state index in [0.29, 0.717) is 23.9 Å². The van der Waals surface area contributed by atoms with Crippen LogP contribution < -0.4 is 0 Å². The molecule has 3 unspecified atom stereocenters. The van der Waals surface area contributed by atoms with Crippen molar-refractivity contribution in [1.29, 1.82) is 0 Å². The van der Waals surface area contributed by atoms with Crippen LogP contribution in [0.3, 0.4) is 0 Å². The molecular weight excluding hydrogens is 164 g/mol. The summed E-state index contributed by atoms with van der Waals surface area (Å²) in [5.41, 5.74) is 0. The lowest BCUT2D eigenvalue weighted by Crippen LogP contribution is -2.45. The predicted molar refractivity (Wildman–Crippen MR) is 53.5 cm³/mol. The number of rotatable bonds is 2. The average Bonchev–Trinajstić information content (AvgIpc) is 2.15. The van der Waals surface area contributed by atoms with Gasteiger partial charge in [0.1, 0.15) is 0 Å². The minimum absolute atomic E-state index is 0.0520. The summed E-state index contributed by atoms with van der Waals surface area (Å²) in [6, 6.07) is 0. The van der Waals surface area contributed by atoms with Crippen LogP contribution in [0, 0.1) is 17.8 Å². The van der Waals surface area contributed by atoms with E-state index in [0.717, 1.165) is 6.42 Å². The Kier molecular flexibility index (Phi) is 3.74. The molecule has 1 saturated heterocycles. The summed E-state index contributed by atoms with van der Waals surface area (Å²) < 4.78 is 5.83. The Bertz CT molecular complexity index is 138. The Hall–Kier alpha value is -0.0800. The van der Waals surface area contributed by atoms with E-state index in [1.54, 1.807) is 0 Å². The second kappa shape index (κ2) is 4.43. The highest BCUT2D eigenvalue weighted by Gasteiger charge is 2.37. The number of hydrogen-bond acceptors (Lipinski definition) is 2. The summed E-state index contributed by atoms with van der Waals surface area (Å²) in [6.07, 6.45) is 1.44. The fourth-order valence-corrected chi connectivity index (χ4v) is 2.31. The van der Waals surface area contributed by atoms with Gasteiger partial charge in [-0.15, -0.1) is 0 Å². The van der Waals surface area contributed by atoms with E-state index in [1.807, 2.05) is 0 Å². The van der Waals surface area contributed by atoms with Crippen LogP contribution in [0.25, 0.3) is 0 Å². The van der Waals surface area contributed by atoms with Gasteiger partial charge in [0.15, 0.2) is 0 Å². The molecule has 1 N–H and O–H groups in total. The van der Waals surface area contributed by atoms with Gasteiger partial charge in [-0.05, 0) is 24.2 Å². The summed E-state index contributed by atoms with van der Waals surface area (Å²) in [6.45, 7) is 9.01. The molecule has 1 fully saturated rings. The van der Waals surface area contributed by atoms with Gasteiger partial charge in [0.2, 0.25) is 0 Å². The fourth-order valence-electron chi connectivity index (χ4n) is 2.31. The predicted octanol–water partition coefficient (Wildman–Crippen LogP) is 2.06. The van der Waals surface area contributed by atoms with Crippen LogP contribution >= 0.6 is 0 Å². The molecule has 2 nitrogen and oxygen atoms in total. The number of hydrogen-bond donors (Lipinski definition) is 1. The average molecular weight is 186 g/mol. The first kappa shape index (κ1) is 11.0. The van der Waals surface area contributed by atoms with Gasteiger partial charge in [0.05, 0.1) is 18.8 Å². The van der Waals surface area contributed by atoms with Crippen LogP contribution in [-0.4, -0.2) is 23.9 Å². The van der Waals surface area contributed by atoms with Crippen LogP contribution in [0.4, 0.5) is 0 Å². The first-order valence-corrected chi connectivity index (χ1v) is 5.38. The minimum atomic E-state index is 0.0520. The van der Waals surface area contributed by atoms with Crippen molar-refractivity contribution < 1.29 is 9.84 Å². The van der Waals surface area contributed by atoms with Crippen LogP contribution in [0.15, 0.2) is 0 Å². The topological polar surface area (TPSA) is 29.5 Å². The molecule has 0 aromatic carbocycles. The van der Waals surface area contributed by atoms with Crippen LogP contribution in [0.1, 0.15) is 34.1 Å². The lowest BCUT2D eigenvalue weighted by atomic mass is 9.76. The molecule has 1 aliphatic rings. The molecule has 0 aromatic rings. The highest BCUT2D eigenvalue weighted by Crippen LogP contribution is 2.35. The van der Waals surface area contributed by atoms with Crippen molar-refractivity contribution in [2.75, 3.05) is 6.61 Å². The summed E-state index contributed by atoms with van der Waals surface area (Å²) in [5, 5.41) is 9.15. The van der Waals surface area contributed by atoms with Crippen LogP contribution in [-0.2, 0) is 4.74 Å². The van der Waals surface area contributed by atoms with E-state index in [-0.39, 0.29) is 12.7 Å². The lowest BCUT2D eigenvalue weighted by Gasteiger charge is -2.43. The zero-order valence-corrected chi connectivity index (χ0v) is 9.16. The Morgan fingerprint density at radius 3 is 2.00 bits per heavy atom. The molecule has 1 aliphatic heterocycles. The Balaban J connectivity index is 2.66. The molecule has 0 saturated carbocycles. The van der Waals surface area contributed by atoms with E-state index in [2.05, 4.69) is 27.7 Å². The summed E-state index contributed by atoms with van der Waals surface area (Å²) in [7, 11) is 0. The zero-order valence-electron chi connectivity index (χ0n) is 9.16. The third-order valence-corrected chi connectivity index (χ3v) is 3.76. The summed E-state index contributed by atoms with van der Waals surface area (Å²) >= 11 is 0. The third-order valence-electron chi connectivity index (χ3n) is 3.76. The van der Waals surface area contributed by atoms with Crippen molar-refractivity contribution in [3.63, 3.8) is 0 Å². The van der Waals surface area contributed by atoms with Crippen LogP contribution in [0.5, 0.6) is 0 Å². The maximum atomic E-state index is 9.15. The lowest BCUT2D eigenvalue weighted by molar-refractivity contribution is -0.148. The van der Waals surface area contributed by atoms with E-state index in [4.69, 9.17) is 9.84 Å². The van der Waals surface area contributed by atoms with E-state index >= 15 is 0 Å². The Morgan fingerprint density at radius 2 is 1.54 bits per heavy atom. The second-order valence-corrected chi connectivity index (χ2v) is 4.38. The maximum Gasteiger partial charge on any atom is 0.0837 e. The molecule has 5 atom stereocenters. The van der Waals surface area contributed by atoms with Gasteiger partial charge >= 0.3 is 0 Å². The first-order chi connectivity index (χ1) is 6.11. The molecule has 0 aromatic heterocycles. The largest absolute Gasteiger partial charge is 0.394 e. The monoisotopic (exact) mass is 186 g/mol. The molecule has 0 bridgehead atoms. The molecular formula is C11H22O2. The van der Waals surface area contributed by atoms with Gasteiger partial charge < -0.3 is 9.84 Å². The summed E-state index contributed by atoms with van der Waals surface area (Å²) in [4.78, 5) is 0. The quantitative estimate of drug-likeness (QED) is 0.715. The smallest absolute Gasteiger partial charge is 0.0837 e. The number of ether oxygens (including phenoxy) is 1. The first-order valence-electron chi connectivity index (χ1n) is 5.38. The number of aliphatic hydroxyl groups excluding tert-OH is 1. The molecule has 13 heavy (non-hydrogen) atoms. The van der Waals surface area contributed by atoms with Crippen molar-refractivity contribution >= 4 is 0 Å². The highest BCUT2D eigenvalue weighted by molar-refractivity contribution is 4.84. The highest BCUT2D eigenvalue weighted by atomic mass is 16.5.